The molecule has 0 aliphatic rings. The molecule has 0 heterocycles. The van der Waals surface area contributed by atoms with Crippen molar-refractivity contribution < 1.29 is 9.53 Å². The van der Waals surface area contributed by atoms with Crippen LogP contribution < -0.4 is 5.73 Å². The standard InChI is InChI=1S/C16H14N2O2/c1-20-16(15(18)19,13-5-3-2-4-6-13)14-9-7-12(11-17)8-10-14/h2-10H,1H3,(H2,18,19). The number of benzene rings is 2. The number of rotatable bonds is 4. The van der Waals surface area contributed by atoms with Crippen molar-refractivity contribution in [1.82, 2.24) is 0 Å². The van der Waals surface area contributed by atoms with Crippen molar-refractivity contribution in [2.24, 2.45) is 5.73 Å². The molecule has 0 bridgehead atoms. The van der Waals surface area contributed by atoms with Gasteiger partial charge in [0.05, 0.1) is 11.6 Å². The minimum atomic E-state index is -1.35. The van der Waals surface area contributed by atoms with Crippen molar-refractivity contribution in [3.05, 3.63) is 71.3 Å². The molecule has 0 aromatic heterocycles. The molecule has 20 heavy (non-hydrogen) atoms. The van der Waals surface area contributed by atoms with E-state index in [0.717, 1.165) is 0 Å². The lowest BCUT2D eigenvalue weighted by atomic mass is 9.85. The van der Waals surface area contributed by atoms with Crippen LogP contribution in [0.4, 0.5) is 0 Å². The third kappa shape index (κ3) is 2.15. The molecule has 2 N–H and O–H groups in total. The average Bonchev–Trinajstić information content (AvgIpc) is 2.50. The Hall–Kier alpha value is -2.64. The van der Waals surface area contributed by atoms with E-state index in [9.17, 15) is 4.79 Å². The van der Waals surface area contributed by atoms with Gasteiger partial charge in [0, 0.05) is 7.11 Å². The zero-order valence-corrected chi connectivity index (χ0v) is 11.0. The maximum atomic E-state index is 12.0. The Labute approximate surface area is 117 Å². The summed E-state index contributed by atoms with van der Waals surface area (Å²) in [5.41, 5.74) is 5.99. The van der Waals surface area contributed by atoms with Gasteiger partial charge in [0.2, 0.25) is 0 Å². The van der Waals surface area contributed by atoms with Crippen LogP contribution in [-0.4, -0.2) is 13.0 Å². The highest BCUT2D eigenvalue weighted by Crippen LogP contribution is 2.33. The monoisotopic (exact) mass is 266 g/mol. The van der Waals surface area contributed by atoms with E-state index >= 15 is 0 Å². The Morgan fingerprint density at radius 3 is 2.10 bits per heavy atom. The van der Waals surface area contributed by atoms with Crippen LogP contribution in [0.15, 0.2) is 54.6 Å². The van der Waals surface area contributed by atoms with Crippen molar-refractivity contribution in [2.45, 2.75) is 5.60 Å². The number of ether oxygens (including phenoxy) is 1. The molecular formula is C16H14N2O2. The summed E-state index contributed by atoms with van der Waals surface area (Å²) >= 11 is 0. The highest BCUT2D eigenvalue weighted by atomic mass is 16.5. The predicted octanol–water partition coefficient (Wildman–Crippen LogP) is 1.93. The van der Waals surface area contributed by atoms with E-state index in [1.807, 2.05) is 24.3 Å². The number of hydrogen-bond acceptors (Lipinski definition) is 3. The second-order valence-electron chi connectivity index (χ2n) is 4.30. The molecule has 0 radical (unpaired) electrons. The van der Waals surface area contributed by atoms with E-state index in [4.69, 9.17) is 15.7 Å². The number of methoxy groups -OCH3 is 1. The molecule has 100 valence electrons. The highest BCUT2D eigenvalue weighted by molar-refractivity contribution is 5.89. The first-order valence-electron chi connectivity index (χ1n) is 6.06. The number of primary amides is 1. The quantitative estimate of drug-likeness (QED) is 0.918. The Kier molecular flexibility index (Phi) is 3.83. The molecule has 2 aromatic carbocycles. The molecule has 0 aliphatic heterocycles. The van der Waals surface area contributed by atoms with Crippen molar-refractivity contribution in [3.8, 4) is 6.07 Å². The second-order valence-corrected chi connectivity index (χ2v) is 4.30. The van der Waals surface area contributed by atoms with Gasteiger partial charge in [-0.05, 0) is 23.3 Å². The minimum Gasteiger partial charge on any atom is -0.367 e. The van der Waals surface area contributed by atoms with Crippen LogP contribution in [0.3, 0.4) is 0 Å². The van der Waals surface area contributed by atoms with E-state index in [-0.39, 0.29) is 0 Å². The third-order valence-corrected chi connectivity index (χ3v) is 3.25. The molecule has 2 rings (SSSR count). The summed E-state index contributed by atoms with van der Waals surface area (Å²) in [5, 5.41) is 8.84. The summed E-state index contributed by atoms with van der Waals surface area (Å²) in [7, 11) is 1.44. The second kappa shape index (κ2) is 5.55. The largest absolute Gasteiger partial charge is 0.367 e. The van der Waals surface area contributed by atoms with Crippen molar-refractivity contribution in [2.75, 3.05) is 7.11 Å². The lowest BCUT2D eigenvalue weighted by molar-refractivity contribution is -0.136. The first-order valence-corrected chi connectivity index (χ1v) is 6.06. The fraction of sp³-hybridized carbons (Fsp3) is 0.125. The molecular weight excluding hydrogens is 252 g/mol. The van der Waals surface area contributed by atoms with Gasteiger partial charge >= 0.3 is 0 Å². The van der Waals surface area contributed by atoms with Gasteiger partial charge in [0.25, 0.3) is 5.91 Å². The Bertz CT molecular complexity index is 644. The average molecular weight is 266 g/mol. The molecule has 4 heteroatoms. The van der Waals surface area contributed by atoms with Gasteiger partial charge in [-0.2, -0.15) is 5.26 Å². The van der Waals surface area contributed by atoms with Crippen LogP contribution in [-0.2, 0) is 15.1 Å². The Balaban J connectivity index is 2.63. The molecule has 2 aromatic rings. The molecule has 0 saturated carbocycles. The van der Waals surface area contributed by atoms with Crippen LogP contribution in [0.25, 0.3) is 0 Å². The van der Waals surface area contributed by atoms with Gasteiger partial charge in [-0.25, -0.2) is 0 Å². The molecule has 0 spiro atoms. The number of amides is 1. The lowest BCUT2D eigenvalue weighted by Gasteiger charge is -2.30. The van der Waals surface area contributed by atoms with Gasteiger partial charge in [-0.1, -0.05) is 42.5 Å². The Morgan fingerprint density at radius 1 is 1.10 bits per heavy atom. The van der Waals surface area contributed by atoms with Crippen LogP contribution in [0.1, 0.15) is 16.7 Å². The van der Waals surface area contributed by atoms with Crippen LogP contribution in [0.5, 0.6) is 0 Å². The fourth-order valence-corrected chi connectivity index (χ4v) is 2.24. The lowest BCUT2D eigenvalue weighted by Crippen LogP contribution is -2.43. The summed E-state index contributed by atoms with van der Waals surface area (Å²) in [5.74, 6) is -0.601. The van der Waals surface area contributed by atoms with Gasteiger partial charge in [-0.3, -0.25) is 4.79 Å². The third-order valence-electron chi connectivity index (χ3n) is 3.25. The zero-order valence-electron chi connectivity index (χ0n) is 11.0. The van der Waals surface area contributed by atoms with E-state index < -0.39 is 11.5 Å². The van der Waals surface area contributed by atoms with Gasteiger partial charge in [0.15, 0.2) is 5.60 Å². The summed E-state index contributed by atoms with van der Waals surface area (Å²) in [6.07, 6.45) is 0. The number of carbonyl (C=O) groups excluding carboxylic acids is 1. The van der Waals surface area contributed by atoms with Gasteiger partial charge < -0.3 is 10.5 Å². The van der Waals surface area contributed by atoms with Crippen molar-refractivity contribution in [3.63, 3.8) is 0 Å². The van der Waals surface area contributed by atoms with Gasteiger partial charge in [-0.15, -0.1) is 0 Å². The number of nitrogens with zero attached hydrogens (tertiary/aromatic N) is 1. The summed E-state index contributed by atoms with van der Waals surface area (Å²) in [6, 6.07) is 17.7. The predicted molar refractivity (Wildman–Crippen MR) is 74.6 cm³/mol. The summed E-state index contributed by atoms with van der Waals surface area (Å²) in [4.78, 5) is 12.0. The van der Waals surface area contributed by atoms with Gasteiger partial charge in [0.1, 0.15) is 0 Å². The zero-order chi connectivity index (χ0) is 14.6. The summed E-state index contributed by atoms with van der Waals surface area (Å²) < 4.78 is 5.49. The maximum absolute atomic E-state index is 12.0. The number of nitrogens with two attached hydrogens (primary N) is 1. The first-order chi connectivity index (χ1) is 9.65. The molecule has 1 atom stereocenters. The minimum absolute atomic E-state index is 0.510. The fourth-order valence-electron chi connectivity index (χ4n) is 2.24. The van der Waals surface area contributed by atoms with E-state index in [2.05, 4.69) is 0 Å². The smallest absolute Gasteiger partial charge is 0.259 e. The Morgan fingerprint density at radius 2 is 1.65 bits per heavy atom. The molecule has 1 amide bonds. The number of nitriles is 1. The topological polar surface area (TPSA) is 76.1 Å². The molecule has 0 aliphatic carbocycles. The first kappa shape index (κ1) is 13.8. The number of hydrogen-bond donors (Lipinski definition) is 1. The van der Waals surface area contributed by atoms with Crippen LogP contribution >= 0.6 is 0 Å². The molecule has 4 nitrogen and oxygen atoms in total. The van der Waals surface area contributed by atoms with Crippen molar-refractivity contribution in [1.29, 1.82) is 5.26 Å². The SMILES string of the molecule is COC(C(N)=O)(c1ccccc1)c1ccc(C#N)cc1. The normalized spacial score (nSPS) is 13.2. The number of carbonyl (C=O) groups is 1. The highest BCUT2D eigenvalue weighted by Gasteiger charge is 2.40. The van der Waals surface area contributed by atoms with Crippen LogP contribution in [0, 0.1) is 11.3 Å². The van der Waals surface area contributed by atoms with E-state index in [1.165, 1.54) is 7.11 Å². The summed E-state index contributed by atoms with van der Waals surface area (Å²) in [6.45, 7) is 0. The van der Waals surface area contributed by atoms with E-state index in [1.54, 1.807) is 36.4 Å². The molecule has 1 unspecified atom stereocenters. The molecule has 0 fully saturated rings. The van der Waals surface area contributed by atoms with Crippen LogP contribution in [0.2, 0.25) is 0 Å². The molecule has 0 saturated heterocycles. The maximum Gasteiger partial charge on any atom is 0.259 e. The van der Waals surface area contributed by atoms with E-state index in [0.29, 0.717) is 16.7 Å². The van der Waals surface area contributed by atoms with Crippen molar-refractivity contribution >= 4 is 5.91 Å².